The van der Waals surface area contributed by atoms with Crippen LogP contribution in [0.1, 0.15) is 40.5 Å². The number of rotatable bonds is 5. The smallest absolute Gasteiger partial charge is 0.324 e. The topological polar surface area (TPSA) is 74.6 Å². The molecule has 0 saturated carbocycles. The van der Waals surface area contributed by atoms with Crippen molar-refractivity contribution in [1.29, 1.82) is 0 Å². The Kier molecular flexibility index (Phi) is 4.50. The van der Waals surface area contributed by atoms with Gasteiger partial charge in [-0.25, -0.2) is 0 Å². The quantitative estimate of drug-likeness (QED) is 0.697. The summed E-state index contributed by atoms with van der Waals surface area (Å²) < 4.78 is 11.3. The summed E-state index contributed by atoms with van der Waals surface area (Å²) >= 11 is 0. The molecule has 2 N–H and O–H groups in total. The van der Waals surface area contributed by atoms with Crippen LogP contribution in [-0.2, 0) is 9.36 Å². The summed E-state index contributed by atoms with van der Waals surface area (Å²) in [6.45, 7) is 6.61. The Hall–Kier alpha value is -0.180. The Morgan fingerprint density at radius 3 is 1.71 bits per heavy atom. The first-order valence-corrected chi connectivity index (χ1v) is 6.44. The van der Waals surface area contributed by atoms with Crippen molar-refractivity contribution in [3.05, 3.63) is 0 Å². The van der Waals surface area contributed by atoms with E-state index in [9.17, 15) is 19.1 Å². The van der Waals surface area contributed by atoms with Crippen LogP contribution in [0.4, 0.5) is 0 Å². The Balaban J connectivity index is 5.30. The van der Waals surface area contributed by atoms with Gasteiger partial charge in [-0.3, -0.25) is 9.36 Å². The summed E-state index contributed by atoms with van der Waals surface area (Å²) in [6, 6.07) is 0. The molecule has 0 aromatic rings. The maximum absolute atomic E-state index is 11.8. The van der Waals surface area contributed by atoms with Crippen molar-refractivity contribution < 1.29 is 19.1 Å². The highest BCUT2D eigenvalue weighted by Gasteiger charge is 2.50. The minimum absolute atomic E-state index is 0.185. The maximum atomic E-state index is 11.8. The molecule has 0 heterocycles. The second-order valence-corrected chi connectivity index (χ2v) is 5.75. The Morgan fingerprint density at radius 2 is 1.64 bits per heavy atom. The summed E-state index contributed by atoms with van der Waals surface area (Å²) in [4.78, 5) is 30.3. The number of carbonyl (C=O) groups is 1. The number of ketones is 1. The molecule has 5 heteroatoms. The van der Waals surface area contributed by atoms with Crippen molar-refractivity contribution in [2.75, 3.05) is 0 Å². The van der Waals surface area contributed by atoms with Crippen molar-refractivity contribution in [2.24, 2.45) is 5.92 Å². The lowest BCUT2D eigenvalue weighted by Gasteiger charge is -2.32. The molecular weight excluding hydrogens is 203 g/mol. The molecule has 4 nitrogen and oxygen atoms in total. The van der Waals surface area contributed by atoms with Crippen LogP contribution in [0, 0.1) is 5.92 Å². The number of hydrogen-bond acceptors (Lipinski definition) is 2. The second-order valence-electron chi connectivity index (χ2n) is 3.80. The molecule has 0 fully saturated rings. The lowest BCUT2D eigenvalue weighted by Crippen LogP contribution is -2.40. The van der Waals surface area contributed by atoms with Gasteiger partial charge < -0.3 is 9.79 Å². The molecule has 0 amide bonds. The SMILES string of the molecule is CCC(CC)(C(=O)C(C)C)P(=O)(O)O. The van der Waals surface area contributed by atoms with Crippen LogP contribution in [0.15, 0.2) is 0 Å². The molecular formula is C9H19O4P. The van der Waals surface area contributed by atoms with E-state index in [0.717, 1.165) is 0 Å². The van der Waals surface area contributed by atoms with Gasteiger partial charge in [0.05, 0.1) is 0 Å². The van der Waals surface area contributed by atoms with Crippen LogP contribution in [0.5, 0.6) is 0 Å². The van der Waals surface area contributed by atoms with Gasteiger partial charge in [0, 0.05) is 5.92 Å². The summed E-state index contributed by atoms with van der Waals surface area (Å²) in [6.07, 6.45) is 0.371. The molecule has 0 rings (SSSR count). The van der Waals surface area contributed by atoms with Gasteiger partial charge in [0.25, 0.3) is 0 Å². The van der Waals surface area contributed by atoms with E-state index in [-0.39, 0.29) is 24.5 Å². The van der Waals surface area contributed by atoms with E-state index in [2.05, 4.69) is 0 Å². The molecule has 0 aromatic carbocycles. The van der Waals surface area contributed by atoms with E-state index in [1.54, 1.807) is 27.7 Å². The molecule has 14 heavy (non-hydrogen) atoms. The van der Waals surface area contributed by atoms with E-state index < -0.39 is 12.8 Å². The third-order valence-corrected chi connectivity index (χ3v) is 4.68. The fraction of sp³-hybridized carbons (Fsp3) is 0.889. The fourth-order valence-electron chi connectivity index (χ4n) is 1.69. The van der Waals surface area contributed by atoms with E-state index >= 15 is 0 Å². The number of hydrogen-bond donors (Lipinski definition) is 2. The predicted molar refractivity (Wildman–Crippen MR) is 55.2 cm³/mol. The van der Waals surface area contributed by atoms with E-state index in [0.29, 0.717) is 0 Å². The van der Waals surface area contributed by atoms with Crippen molar-refractivity contribution in [2.45, 2.75) is 45.7 Å². The van der Waals surface area contributed by atoms with Crippen molar-refractivity contribution >= 4 is 13.4 Å². The molecule has 0 aliphatic rings. The fourth-order valence-corrected chi connectivity index (χ4v) is 3.06. The van der Waals surface area contributed by atoms with Crippen LogP contribution >= 0.6 is 7.60 Å². The minimum atomic E-state index is -4.37. The molecule has 0 aliphatic heterocycles. The highest BCUT2D eigenvalue weighted by atomic mass is 31.2. The Morgan fingerprint density at radius 1 is 1.29 bits per heavy atom. The average molecular weight is 222 g/mol. The molecule has 0 bridgehead atoms. The zero-order valence-electron chi connectivity index (χ0n) is 9.15. The van der Waals surface area contributed by atoms with Crippen LogP contribution in [0.2, 0.25) is 0 Å². The van der Waals surface area contributed by atoms with Gasteiger partial charge in [-0.2, -0.15) is 0 Å². The first-order chi connectivity index (χ1) is 6.23. The lowest BCUT2D eigenvalue weighted by molar-refractivity contribution is -0.125. The normalized spacial score (nSPS) is 13.4. The standard InChI is InChI=1S/C9H19O4P/c1-5-9(6-2,14(11,12)13)8(10)7(3)4/h7H,5-6H2,1-4H3,(H2,11,12,13). The van der Waals surface area contributed by atoms with E-state index in [1.807, 2.05) is 0 Å². The molecule has 0 spiro atoms. The average Bonchev–Trinajstić information content (AvgIpc) is 2.04. The third kappa shape index (κ3) is 2.25. The monoisotopic (exact) mass is 222 g/mol. The molecule has 0 aliphatic carbocycles. The largest absolute Gasteiger partial charge is 0.339 e. The van der Waals surface area contributed by atoms with Gasteiger partial charge in [-0.1, -0.05) is 27.7 Å². The summed E-state index contributed by atoms with van der Waals surface area (Å²) in [5, 5.41) is -1.47. The summed E-state index contributed by atoms with van der Waals surface area (Å²) in [5.41, 5.74) is 0. The molecule has 0 unspecified atom stereocenters. The number of Topliss-reactive ketones (excluding diaryl/α,β-unsaturated/α-hetero) is 1. The molecule has 0 saturated heterocycles. The van der Waals surface area contributed by atoms with Crippen LogP contribution in [0.3, 0.4) is 0 Å². The molecule has 84 valence electrons. The van der Waals surface area contributed by atoms with Gasteiger partial charge >= 0.3 is 7.60 Å². The third-order valence-electron chi connectivity index (χ3n) is 2.71. The molecule has 0 aromatic heterocycles. The molecule has 0 radical (unpaired) electrons. The summed E-state index contributed by atoms with van der Waals surface area (Å²) in [7, 11) is -4.37. The molecule has 0 atom stereocenters. The van der Waals surface area contributed by atoms with Gasteiger partial charge in [0.1, 0.15) is 5.16 Å². The van der Waals surface area contributed by atoms with Crippen molar-refractivity contribution in [3.63, 3.8) is 0 Å². The lowest BCUT2D eigenvalue weighted by atomic mass is 9.90. The van der Waals surface area contributed by atoms with Crippen molar-refractivity contribution in [1.82, 2.24) is 0 Å². The maximum Gasteiger partial charge on any atom is 0.339 e. The van der Waals surface area contributed by atoms with E-state index in [1.165, 1.54) is 0 Å². The van der Waals surface area contributed by atoms with Crippen LogP contribution < -0.4 is 0 Å². The van der Waals surface area contributed by atoms with Gasteiger partial charge in [0.2, 0.25) is 0 Å². The van der Waals surface area contributed by atoms with Crippen LogP contribution in [0.25, 0.3) is 0 Å². The minimum Gasteiger partial charge on any atom is -0.324 e. The second kappa shape index (κ2) is 4.56. The predicted octanol–water partition coefficient (Wildman–Crippen LogP) is 1.95. The zero-order chi connectivity index (χ0) is 11.6. The first kappa shape index (κ1) is 13.8. The van der Waals surface area contributed by atoms with Crippen LogP contribution in [-0.4, -0.2) is 20.7 Å². The Bertz CT molecular complexity index is 250. The highest BCUT2D eigenvalue weighted by molar-refractivity contribution is 7.54. The van der Waals surface area contributed by atoms with Gasteiger partial charge in [-0.15, -0.1) is 0 Å². The zero-order valence-corrected chi connectivity index (χ0v) is 10.0. The van der Waals surface area contributed by atoms with E-state index in [4.69, 9.17) is 0 Å². The Labute approximate surface area is 84.9 Å². The highest BCUT2D eigenvalue weighted by Crippen LogP contribution is 2.55. The number of carbonyl (C=O) groups excluding carboxylic acids is 1. The summed E-state index contributed by atoms with van der Waals surface area (Å²) in [5.74, 6) is -0.682. The first-order valence-electron chi connectivity index (χ1n) is 4.83. The van der Waals surface area contributed by atoms with Gasteiger partial charge in [0.15, 0.2) is 5.78 Å². The van der Waals surface area contributed by atoms with Gasteiger partial charge in [-0.05, 0) is 12.8 Å². The van der Waals surface area contributed by atoms with Crippen molar-refractivity contribution in [3.8, 4) is 0 Å².